The Hall–Kier alpha value is -3.85. The lowest BCUT2D eigenvalue weighted by molar-refractivity contribution is 0.0746. The maximum absolute atomic E-state index is 13.1. The predicted molar refractivity (Wildman–Crippen MR) is 118 cm³/mol. The lowest BCUT2D eigenvalue weighted by atomic mass is 10.1. The van der Waals surface area contributed by atoms with Gasteiger partial charge in [-0.3, -0.25) is 4.79 Å². The molecule has 30 heavy (non-hydrogen) atoms. The molecule has 0 unspecified atom stereocenters. The molecular weight excluding hydrogens is 374 g/mol. The number of piperazine rings is 1. The Labute approximate surface area is 176 Å². The monoisotopic (exact) mass is 397 g/mol. The van der Waals surface area contributed by atoms with Crippen molar-refractivity contribution < 1.29 is 4.79 Å². The summed E-state index contributed by atoms with van der Waals surface area (Å²) in [6.07, 6.45) is 1.79. The van der Waals surface area contributed by atoms with E-state index < -0.39 is 0 Å². The summed E-state index contributed by atoms with van der Waals surface area (Å²) in [7, 11) is 1.91. The Bertz CT molecular complexity index is 1070. The van der Waals surface area contributed by atoms with Gasteiger partial charge in [0.1, 0.15) is 11.9 Å². The van der Waals surface area contributed by atoms with Gasteiger partial charge < -0.3 is 14.7 Å². The van der Waals surface area contributed by atoms with Crippen LogP contribution in [0.4, 0.5) is 17.2 Å². The quantitative estimate of drug-likeness (QED) is 0.672. The van der Waals surface area contributed by atoms with Crippen molar-refractivity contribution in [3.63, 3.8) is 0 Å². The third kappa shape index (κ3) is 3.96. The zero-order valence-corrected chi connectivity index (χ0v) is 16.9. The molecule has 150 valence electrons. The summed E-state index contributed by atoms with van der Waals surface area (Å²) in [5, 5.41) is 9.39. The van der Waals surface area contributed by atoms with Gasteiger partial charge in [0.05, 0.1) is 11.3 Å². The van der Waals surface area contributed by atoms with E-state index in [2.05, 4.69) is 16.0 Å². The number of carbonyl (C=O) groups is 1. The topological polar surface area (TPSA) is 63.5 Å². The Morgan fingerprint density at radius 2 is 1.77 bits per heavy atom. The van der Waals surface area contributed by atoms with Gasteiger partial charge in [-0.05, 0) is 42.5 Å². The molecule has 2 heterocycles. The fraction of sp³-hybridized carbons (Fsp3) is 0.208. The minimum Gasteiger partial charge on any atom is -0.353 e. The molecular formula is C24H23N5O. The molecule has 1 aliphatic heterocycles. The van der Waals surface area contributed by atoms with E-state index in [-0.39, 0.29) is 5.91 Å². The van der Waals surface area contributed by atoms with Crippen molar-refractivity contribution in [1.82, 2.24) is 9.88 Å². The van der Waals surface area contributed by atoms with Gasteiger partial charge in [-0.2, -0.15) is 5.26 Å². The van der Waals surface area contributed by atoms with Crippen molar-refractivity contribution in [2.45, 2.75) is 0 Å². The summed E-state index contributed by atoms with van der Waals surface area (Å²) >= 11 is 0. The van der Waals surface area contributed by atoms with Crippen molar-refractivity contribution in [3.05, 3.63) is 84.1 Å². The molecule has 0 radical (unpaired) electrons. The average Bonchev–Trinajstić information content (AvgIpc) is 2.84. The maximum Gasteiger partial charge on any atom is 0.254 e. The van der Waals surface area contributed by atoms with Gasteiger partial charge in [0.2, 0.25) is 0 Å². The standard InChI is InChI=1S/C24H23N5O/c1-27(22-10-3-2-7-20(22)18-25)21-9-6-8-19(17-21)24(30)29-15-13-28(14-16-29)23-11-4-5-12-26-23/h2-12,17H,13-16H2,1H3. The summed E-state index contributed by atoms with van der Waals surface area (Å²) < 4.78 is 0. The number of hydrogen-bond donors (Lipinski definition) is 0. The van der Waals surface area contributed by atoms with E-state index in [1.807, 2.05) is 77.5 Å². The highest BCUT2D eigenvalue weighted by atomic mass is 16.2. The molecule has 0 saturated carbocycles. The fourth-order valence-corrected chi connectivity index (χ4v) is 3.71. The molecule has 1 aromatic heterocycles. The SMILES string of the molecule is CN(c1cccc(C(=O)N2CCN(c3ccccn3)CC2)c1)c1ccccc1C#N. The lowest BCUT2D eigenvalue weighted by Crippen LogP contribution is -2.49. The van der Waals surface area contributed by atoms with E-state index in [9.17, 15) is 10.1 Å². The molecule has 0 aliphatic carbocycles. The van der Waals surface area contributed by atoms with E-state index in [0.29, 0.717) is 24.2 Å². The van der Waals surface area contributed by atoms with Crippen molar-refractivity contribution in [2.24, 2.45) is 0 Å². The van der Waals surface area contributed by atoms with Crippen molar-refractivity contribution in [1.29, 1.82) is 5.26 Å². The van der Waals surface area contributed by atoms with Gasteiger partial charge in [0, 0.05) is 50.7 Å². The number of anilines is 3. The fourth-order valence-electron chi connectivity index (χ4n) is 3.71. The van der Waals surface area contributed by atoms with Crippen LogP contribution >= 0.6 is 0 Å². The number of amides is 1. The normalized spacial score (nSPS) is 13.6. The number of rotatable bonds is 4. The zero-order chi connectivity index (χ0) is 20.9. The van der Waals surface area contributed by atoms with E-state index in [4.69, 9.17) is 0 Å². The molecule has 6 nitrogen and oxygen atoms in total. The number of benzene rings is 2. The van der Waals surface area contributed by atoms with Crippen LogP contribution in [-0.4, -0.2) is 49.0 Å². The number of para-hydroxylation sites is 1. The summed E-state index contributed by atoms with van der Waals surface area (Å²) in [6.45, 7) is 2.84. The van der Waals surface area contributed by atoms with E-state index >= 15 is 0 Å². The van der Waals surface area contributed by atoms with Crippen molar-refractivity contribution in [2.75, 3.05) is 43.0 Å². The van der Waals surface area contributed by atoms with Crippen LogP contribution in [0.5, 0.6) is 0 Å². The highest BCUT2D eigenvalue weighted by molar-refractivity contribution is 5.95. The second kappa shape index (κ2) is 8.66. The molecule has 0 spiro atoms. The zero-order valence-electron chi connectivity index (χ0n) is 16.9. The van der Waals surface area contributed by atoms with E-state index in [1.54, 1.807) is 12.3 Å². The van der Waals surface area contributed by atoms with Gasteiger partial charge in [-0.15, -0.1) is 0 Å². The van der Waals surface area contributed by atoms with Gasteiger partial charge >= 0.3 is 0 Å². The largest absolute Gasteiger partial charge is 0.353 e. The second-order valence-electron chi connectivity index (χ2n) is 7.21. The van der Waals surface area contributed by atoms with Crippen molar-refractivity contribution >= 4 is 23.1 Å². The Kier molecular flexibility index (Phi) is 5.62. The molecule has 1 saturated heterocycles. The number of nitrogens with zero attached hydrogens (tertiary/aromatic N) is 5. The second-order valence-corrected chi connectivity index (χ2v) is 7.21. The molecule has 1 aliphatic rings. The lowest BCUT2D eigenvalue weighted by Gasteiger charge is -2.35. The highest BCUT2D eigenvalue weighted by Crippen LogP contribution is 2.27. The predicted octanol–water partition coefficient (Wildman–Crippen LogP) is 3.68. The third-order valence-electron chi connectivity index (χ3n) is 5.41. The first kappa shape index (κ1) is 19.5. The number of aromatic nitrogens is 1. The number of hydrogen-bond acceptors (Lipinski definition) is 5. The molecule has 6 heteroatoms. The maximum atomic E-state index is 13.1. The first-order chi connectivity index (χ1) is 14.7. The molecule has 1 amide bonds. The van der Waals surface area contributed by atoms with Gasteiger partial charge in [0.15, 0.2) is 0 Å². The third-order valence-corrected chi connectivity index (χ3v) is 5.41. The summed E-state index contributed by atoms with van der Waals surface area (Å²) in [4.78, 5) is 23.5. The smallest absolute Gasteiger partial charge is 0.254 e. The number of carbonyl (C=O) groups excluding carboxylic acids is 1. The minimum atomic E-state index is 0.0273. The van der Waals surface area contributed by atoms with Gasteiger partial charge in [-0.1, -0.05) is 24.3 Å². The van der Waals surface area contributed by atoms with Gasteiger partial charge in [0.25, 0.3) is 5.91 Å². The van der Waals surface area contributed by atoms with Crippen LogP contribution < -0.4 is 9.80 Å². The van der Waals surface area contributed by atoms with Crippen LogP contribution in [0, 0.1) is 11.3 Å². The molecule has 2 aromatic carbocycles. The molecule has 3 aromatic rings. The van der Waals surface area contributed by atoms with Crippen LogP contribution in [0.3, 0.4) is 0 Å². The summed E-state index contributed by atoms with van der Waals surface area (Å²) in [5.41, 5.74) is 2.94. The first-order valence-electron chi connectivity index (χ1n) is 9.95. The summed E-state index contributed by atoms with van der Waals surface area (Å²) in [6, 6.07) is 23.1. The Morgan fingerprint density at radius 1 is 1.00 bits per heavy atom. The van der Waals surface area contributed by atoms with E-state index in [1.165, 1.54) is 0 Å². The molecule has 1 fully saturated rings. The van der Waals surface area contributed by atoms with E-state index in [0.717, 1.165) is 30.3 Å². The van der Waals surface area contributed by atoms with Crippen LogP contribution in [-0.2, 0) is 0 Å². The summed E-state index contributed by atoms with van der Waals surface area (Å²) in [5.74, 6) is 0.976. The molecule has 0 N–H and O–H groups in total. The molecule has 4 rings (SSSR count). The van der Waals surface area contributed by atoms with Crippen LogP contribution in [0.15, 0.2) is 72.9 Å². The number of pyridine rings is 1. The average molecular weight is 397 g/mol. The van der Waals surface area contributed by atoms with Crippen LogP contribution in [0.25, 0.3) is 0 Å². The van der Waals surface area contributed by atoms with Crippen LogP contribution in [0.1, 0.15) is 15.9 Å². The minimum absolute atomic E-state index is 0.0273. The molecule has 0 atom stereocenters. The van der Waals surface area contributed by atoms with Gasteiger partial charge in [-0.25, -0.2) is 4.98 Å². The first-order valence-corrected chi connectivity index (χ1v) is 9.95. The Balaban J connectivity index is 1.48. The number of nitriles is 1. The Morgan fingerprint density at radius 3 is 2.50 bits per heavy atom. The highest BCUT2D eigenvalue weighted by Gasteiger charge is 2.23. The van der Waals surface area contributed by atoms with Crippen molar-refractivity contribution in [3.8, 4) is 6.07 Å². The molecule has 0 bridgehead atoms. The van der Waals surface area contributed by atoms with Crippen LogP contribution in [0.2, 0.25) is 0 Å².